The molecule has 1 aromatic carbocycles. The van der Waals surface area contributed by atoms with Gasteiger partial charge in [-0.05, 0) is 48.3 Å². The Hall–Kier alpha value is -2.08. The predicted octanol–water partition coefficient (Wildman–Crippen LogP) is 5.41. The summed E-state index contributed by atoms with van der Waals surface area (Å²) in [6.45, 7) is 13.0. The summed E-state index contributed by atoms with van der Waals surface area (Å²) in [6, 6.07) is 7.78. The Balaban J connectivity index is 1.94. The number of nitrogens with one attached hydrogen (secondary N) is 1. The van der Waals surface area contributed by atoms with Crippen LogP contribution in [0.2, 0.25) is 0 Å². The molecule has 31 heavy (non-hydrogen) atoms. The molecule has 1 N–H and O–H groups in total. The largest absolute Gasteiger partial charge is 0.342 e. The van der Waals surface area contributed by atoms with E-state index in [2.05, 4.69) is 63.2 Å². The van der Waals surface area contributed by atoms with Crippen LogP contribution >= 0.6 is 0 Å². The number of azo groups is 1. The molecule has 0 radical (unpaired) electrons. The minimum absolute atomic E-state index is 0.0625. The summed E-state index contributed by atoms with van der Waals surface area (Å²) < 4.78 is 12.3. The van der Waals surface area contributed by atoms with Gasteiger partial charge in [-0.1, -0.05) is 46.8 Å². The zero-order chi connectivity index (χ0) is 22.8. The number of nitrogens with zero attached hydrogens (tertiary/aromatic N) is 2. The van der Waals surface area contributed by atoms with Crippen molar-refractivity contribution in [3.63, 3.8) is 0 Å². The van der Waals surface area contributed by atoms with Crippen LogP contribution in [0.25, 0.3) is 0 Å². The first-order valence-electron chi connectivity index (χ1n) is 11.0. The lowest BCUT2D eigenvalue weighted by Gasteiger charge is -2.45. The Bertz CT molecular complexity index is 1070. The van der Waals surface area contributed by atoms with Gasteiger partial charge in [0.1, 0.15) is 0 Å². The van der Waals surface area contributed by atoms with Crippen molar-refractivity contribution in [1.82, 2.24) is 5.32 Å². The van der Waals surface area contributed by atoms with Gasteiger partial charge in [0.25, 0.3) is 0 Å². The molecule has 166 valence electrons. The van der Waals surface area contributed by atoms with E-state index in [0.29, 0.717) is 6.42 Å². The first-order valence-corrected chi connectivity index (χ1v) is 12.5. The Morgan fingerprint density at radius 1 is 1.19 bits per heavy atom. The molecule has 1 aromatic rings. The van der Waals surface area contributed by atoms with Gasteiger partial charge in [0.15, 0.2) is 11.6 Å². The van der Waals surface area contributed by atoms with Crippen molar-refractivity contribution in [3.05, 3.63) is 52.5 Å². The molecule has 3 aliphatic rings. The number of hydrogen-bond donors (Lipinski definition) is 1. The lowest BCUT2D eigenvalue weighted by Crippen LogP contribution is -2.46. The van der Waals surface area contributed by atoms with Gasteiger partial charge in [0, 0.05) is 50.6 Å². The van der Waals surface area contributed by atoms with Gasteiger partial charge in [0.05, 0.1) is 6.04 Å². The average Bonchev–Trinajstić information content (AvgIpc) is 3.01. The number of rotatable bonds is 3. The second-order valence-corrected chi connectivity index (χ2v) is 12.7. The quantitative estimate of drug-likeness (QED) is 0.684. The molecule has 6 heteroatoms. The highest BCUT2D eigenvalue weighted by atomic mass is 32.2. The van der Waals surface area contributed by atoms with Crippen LogP contribution in [0.1, 0.15) is 66.4 Å². The fourth-order valence-electron chi connectivity index (χ4n) is 5.35. The van der Waals surface area contributed by atoms with Crippen LogP contribution in [0, 0.1) is 10.8 Å². The molecule has 5 nitrogen and oxygen atoms in total. The van der Waals surface area contributed by atoms with Crippen LogP contribution in [-0.2, 0) is 21.0 Å². The molecule has 4 rings (SSSR count). The van der Waals surface area contributed by atoms with E-state index in [1.807, 2.05) is 18.2 Å². The zero-order valence-electron chi connectivity index (χ0n) is 19.6. The minimum Gasteiger partial charge on any atom is -0.342 e. The number of carbonyl (C=O) groups excluding carboxylic acids is 1. The summed E-state index contributed by atoms with van der Waals surface area (Å²) in [7, 11) is -1.10. The maximum atomic E-state index is 13.6. The summed E-state index contributed by atoms with van der Waals surface area (Å²) >= 11 is 0. The monoisotopic (exact) mass is 439 g/mol. The van der Waals surface area contributed by atoms with Crippen molar-refractivity contribution in [2.45, 2.75) is 77.2 Å². The van der Waals surface area contributed by atoms with Crippen molar-refractivity contribution in [1.29, 1.82) is 0 Å². The van der Waals surface area contributed by atoms with E-state index in [9.17, 15) is 9.00 Å². The summed E-state index contributed by atoms with van der Waals surface area (Å²) in [5, 5.41) is 12.7. The van der Waals surface area contributed by atoms with E-state index in [4.69, 9.17) is 0 Å². The van der Waals surface area contributed by atoms with E-state index in [1.165, 1.54) is 0 Å². The van der Waals surface area contributed by atoms with E-state index in [0.717, 1.165) is 46.0 Å². The number of allylic oxidation sites excluding steroid dienone is 2. The molecular formula is C25H33N3O2S. The Morgan fingerprint density at radius 3 is 2.55 bits per heavy atom. The molecule has 0 bridgehead atoms. The molecule has 2 aliphatic heterocycles. The second kappa shape index (κ2) is 7.22. The topological polar surface area (TPSA) is 70.9 Å². The highest BCUT2D eigenvalue weighted by Crippen LogP contribution is 2.54. The molecule has 0 amide bonds. The first-order chi connectivity index (χ1) is 14.3. The summed E-state index contributed by atoms with van der Waals surface area (Å²) in [5.41, 5.74) is 3.14. The molecular weight excluding hydrogens is 406 g/mol. The number of carbonyl (C=O) groups is 1. The molecule has 2 heterocycles. The third kappa shape index (κ3) is 3.84. The standard InChI is InChI=1S/C25H33N3O2S/c1-23(2,3)12-18-21-22(28-27-18)26-17-13-24(4,5)14-19(29)20(17)25(21,6)15-9-8-10-16(11-15)31(7)30/h8-11,18,26H,12-14H2,1-7H3/t18?,25-,31+/m1/s1. The zero-order valence-corrected chi connectivity index (χ0v) is 20.4. The maximum Gasteiger partial charge on any atom is 0.162 e. The van der Waals surface area contributed by atoms with Crippen LogP contribution in [0.15, 0.2) is 62.1 Å². The SMILES string of the molecule is C[S@](=O)c1cccc([C@]2(C)C3=C(CC(C)(C)CC3=O)NC3=C2C(CC(C)(C)C)N=N3)c1. The van der Waals surface area contributed by atoms with Crippen LogP contribution < -0.4 is 5.32 Å². The maximum absolute atomic E-state index is 13.6. The van der Waals surface area contributed by atoms with Crippen molar-refractivity contribution in [2.75, 3.05) is 6.26 Å². The molecule has 0 spiro atoms. The molecule has 0 saturated carbocycles. The minimum atomic E-state index is -1.10. The smallest absolute Gasteiger partial charge is 0.162 e. The first kappa shape index (κ1) is 22.1. The van der Waals surface area contributed by atoms with Crippen molar-refractivity contribution in [3.8, 4) is 0 Å². The third-order valence-corrected chi connectivity index (χ3v) is 7.54. The number of benzene rings is 1. The Morgan fingerprint density at radius 2 is 1.90 bits per heavy atom. The van der Waals surface area contributed by atoms with Gasteiger partial charge in [-0.3, -0.25) is 9.00 Å². The lowest BCUT2D eigenvalue weighted by atomic mass is 9.60. The van der Waals surface area contributed by atoms with Gasteiger partial charge >= 0.3 is 0 Å². The number of Topliss-reactive ketones (excluding diaryl/α,β-unsaturated/α-hetero) is 1. The van der Waals surface area contributed by atoms with E-state index < -0.39 is 16.2 Å². The van der Waals surface area contributed by atoms with E-state index in [1.54, 1.807) is 6.26 Å². The number of dihydropyridines is 1. The Labute approximate surface area is 188 Å². The van der Waals surface area contributed by atoms with Crippen molar-refractivity contribution < 1.29 is 9.00 Å². The van der Waals surface area contributed by atoms with Crippen LogP contribution in [0.3, 0.4) is 0 Å². The Kier molecular flexibility index (Phi) is 5.16. The molecule has 0 saturated heterocycles. The molecule has 3 atom stereocenters. The van der Waals surface area contributed by atoms with Crippen LogP contribution in [0.5, 0.6) is 0 Å². The summed E-state index contributed by atoms with van der Waals surface area (Å²) in [4.78, 5) is 14.4. The third-order valence-electron chi connectivity index (χ3n) is 6.62. The second-order valence-electron chi connectivity index (χ2n) is 11.3. The lowest BCUT2D eigenvalue weighted by molar-refractivity contribution is -0.118. The normalized spacial score (nSPS) is 28.4. The summed E-state index contributed by atoms with van der Waals surface area (Å²) in [6.07, 6.45) is 3.84. The molecule has 1 unspecified atom stereocenters. The molecule has 1 aliphatic carbocycles. The predicted molar refractivity (Wildman–Crippen MR) is 124 cm³/mol. The van der Waals surface area contributed by atoms with Crippen LogP contribution in [-0.4, -0.2) is 22.3 Å². The van der Waals surface area contributed by atoms with Gasteiger partial charge in [-0.25, -0.2) is 0 Å². The fourth-order valence-corrected chi connectivity index (χ4v) is 5.92. The molecule has 0 aromatic heterocycles. The van der Waals surface area contributed by atoms with Gasteiger partial charge < -0.3 is 5.32 Å². The highest BCUT2D eigenvalue weighted by Gasteiger charge is 2.52. The van der Waals surface area contributed by atoms with E-state index >= 15 is 0 Å². The highest BCUT2D eigenvalue weighted by molar-refractivity contribution is 7.84. The van der Waals surface area contributed by atoms with Gasteiger partial charge in [-0.15, -0.1) is 5.11 Å². The van der Waals surface area contributed by atoms with Gasteiger partial charge in [-0.2, -0.15) is 5.11 Å². The van der Waals surface area contributed by atoms with Crippen molar-refractivity contribution in [2.24, 2.45) is 21.1 Å². The van der Waals surface area contributed by atoms with E-state index in [-0.39, 0.29) is 22.7 Å². The van der Waals surface area contributed by atoms with Crippen LogP contribution in [0.4, 0.5) is 0 Å². The molecule has 0 fully saturated rings. The number of hydrogen-bond acceptors (Lipinski definition) is 5. The van der Waals surface area contributed by atoms with Crippen molar-refractivity contribution >= 4 is 16.6 Å². The van der Waals surface area contributed by atoms with Gasteiger partial charge in [0.2, 0.25) is 0 Å². The number of ketones is 1. The fraction of sp³-hybridized carbons (Fsp3) is 0.560. The average molecular weight is 440 g/mol. The summed E-state index contributed by atoms with van der Waals surface area (Å²) in [5.74, 6) is 0.959.